The summed E-state index contributed by atoms with van der Waals surface area (Å²) in [6.07, 6.45) is 18.5. The average molecular weight is 751 g/mol. The Morgan fingerprint density at radius 3 is 1.88 bits per heavy atom. The van der Waals surface area contributed by atoms with Crippen LogP contribution in [0.1, 0.15) is 59.9 Å². The monoisotopic (exact) mass is 750 g/mol. The van der Waals surface area contributed by atoms with Gasteiger partial charge in [0.15, 0.2) is 0 Å². The molecule has 1 heterocycles. The predicted octanol–water partition coefficient (Wildman–Crippen LogP) is 11.9. The number of anilines is 1. The zero-order chi connectivity index (χ0) is 40.9. The maximum Gasteiger partial charge on any atom is 0.136 e. The van der Waals surface area contributed by atoms with Crippen LogP contribution in [0.4, 0.5) is 5.69 Å². The van der Waals surface area contributed by atoms with Crippen molar-refractivity contribution in [3.05, 3.63) is 172 Å². The van der Waals surface area contributed by atoms with Gasteiger partial charge in [-0.25, -0.2) is 0 Å². The first-order valence-corrected chi connectivity index (χ1v) is 20.3. The van der Waals surface area contributed by atoms with Gasteiger partial charge < -0.3 is 15.9 Å². The van der Waals surface area contributed by atoms with E-state index in [9.17, 15) is 0 Å². The van der Waals surface area contributed by atoms with Crippen LogP contribution in [0.15, 0.2) is 150 Å². The number of rotatable bonds is 4. The number of nitrogens with two attached hydrogens (primary N) is 2. The summed E-state index contributed by atoms with van der Waals surface area (Å²) in [5, 5.41) is 10.1. The Morgan fingerprint density at radius 1 is 0.702 bits per heavy atom. The summed E-state index contributed by atoms with van der Waals surface area (Å²) in [7, 11) is 0. The van der Waals surface area contributed by atoms with E-state index in [2.05, 4.69) is 124 Å². The molecule has 7 aromatic rings. The van der Waals surface area contributed by atoms with Gasteiger partial charge in [0.05, 0.1) is 0 Å². The molecule has 0 radical (unpaired) electrons. The fraction of sp³-hybridized carbons (Fsp3) is 0.185. The zero-order valence-electron chi connectivity index (χ0n) is 34.8. The molecular formula is C54H58N2O. The van der Waals surface area contributed by atoms with Gasteiger partial charge >= 0.3 is 0 Å². The molecule has 2 aliphatic rings. The van der Waals surface area contributed by atoms with Gasteiger partial charge in [0.2, 0.25) is 0 Å². The summed E-state index contributed by atoms with van der Waals surface area (Å²) in [6, 6.07) is 38.5. The minimum absolute atomic E-state index is 0.514. The molecule has 0 bridgehead atoms. The quantitative estimate of drug-likeness (QED) is 0.139. The molecule has 0 saturated heterocycles. The summed E-state index contributed by atoms with van der Waals surface area (Å²) < 4.78 is 6.53. The molecule has 57 heavy (non-hydrogen) atoms. The van der Waals surface area contributed by atoms with E-state index >= 15 is 0 Å². The number of furan rings is 1. The molecule has 0 amide bonds. The van der Waals surface area contributed by atoms with Gasteiger partial charge in [-0.15, -0.1) is 0 Å². The van der Waals surface area contributed by atoms with Gasteiger partial charge in [-0.2, -0.15) is 0 Å². The molecule has 1 aromatic heterocycles. The van der Waals surface area contributed by atoms with Crippen molar-refractivity contribution in [3.8, 4) is 22.3 Å². The second kappa shape index (κ2) is 20.0. The largest absolute Gasteiger partial charge is 0.456 e. The lowest BCUT2D eigenvalue weighted by molar-refractivity contribution is 0.567. The van der Waals surface area contributed by atoms with Crippen molar-refractivity contribution in [1.29, 1.82) is 0 Å². The lowest BCUT2D eigenvalue weighted by Crippen LogP contribution is -2.27. The van der Waals surface area contributed by atoms with Crippen LogP contribution in [-0.4, -0.2) is 0 Å². The molecule has 6 aromatic carbocycles. The van der Waals surface area contributed by atoms with E-state index in [-0.39, 0.29) is 0 Å². The van der Waals surface area contributed by atoms with Gasteiger partial charge in [0.25, 0.3) is 0 Å². The summed E-state index contributed by atoms with van der Waals surface area (Å²) in [5.41, 5.74) is 21.2. The number of nitrogen functional groups attached to an aromatic ring is 1. The average Bonchev–Trinajstić information content (AvgIpc) is 3.87. The highest BCUT2D eigenvalue weighted by atomic mass is 16.3. The van der Waals surface area contributed by atoms with E-state index in [1.807, 2.05) is 83.2 Å². The number of fused-ring (bicyclic) bond motifs is 7. The number of aryl methyl sites for hydroxylation is 1. The third-order valence-electron chi connectivity index (χ3n) is 9.84. The highest BCUT2D eigenvalue weighted by Crippen LogP contribution is 2.38. The van der Waals surface area contributed by atoms with Crippen LogP contribution >= 0.6 is 0 Å². The molecular weight excluding hydrogens is 693 g/mol. The van der Waals surface area contributed by atoms with E-state index < -0.39 is 0 Å². The van der Waals surface area contributed by atoms with Crippen LogP contribution < -0.4 is 32.5 Å². The van der Waals surface area contributed by atoms with Crippen molar-refractivity contribution < 1.29 is 4.42 Å². The minimum atomic E-state index is 0.514. The molecule has 3 heteroatoms. The molecule has 0 fully saturated rings. The first-order chi connectivity index (χ1) is 27.8. The Kier molecular flexibility index (Phi) is 14.7. The molecule has 1 atom stereocenters. The molecule has 290 valence electrons. The van der Waals surface area contributed by atoms with E-state index in [4.69, 9.17) is 15.9 Å². The van der Waals surface area contributed by atoms with E-state index in [1.165, 1.54) is 70.4 Å². The highest BCUT2D eigenvalue weighted by molar-refractivity contribution is 6.17. The van der Waals surface area contributed by atoms with Crippen molar-refractivity contribution in [3.63, 3.8) is 0 Å². The smallest absolute Gasteiger partial charge is 0.136 e. The number of allylic oxidation sites excluding steroid dienone is 5. The van der Waals surface area contributed by atoms with Crippen molar-refractivity contribution in [2.45, 2.75) is 61.3 Å². The Labute approximate surface area is 339 Å². The maximum atomic E-state index is 6.53. The number of benzene rings is 6. The predicted molar refractivity (Wildman–Crippen MR) is 252 cm³/mol. The van der Waals surface area contributed by atoms with Crippen LogP contribution in [0.3, 0.4) is 0 Å². The molecule has 0 aliphatic heterocycles. The Morgan fingerprint density at radius 2 is 1.28 bits per heavy atom. The van der Waals surface area contributed by atoms with Crippen LogP contribution in [0.2, 0.25) is 0 Å². The highest BCUT2D eigenvalue weighted by Gasteiger charge is 2.20. The van der Waals surface area contributed by atoms with E-state index in [1.54, 1.807) is 6.08 Å². The fourth-order valence-corrected chi connectivity index (χ4v) is 7.44. The summed E-state index contributed by atoms with van der Waals surface area (Å²) in [6.45, 7) is 17.7. The number of hydrogen-bond acceptors (Lipinski definition) is 3. The van der Waals surface area contributed by atoms with Crippen LogP contribution in [0.25, 0.3) is 79.1 Å². The topological polar surface area (TPSA) is 65.2 Å². The van der Waals surface area contributed by atoms with Crippen LogP contribution in [-0.2, 0) is 0 Å². The van der Waals surface area contributed by atoms with E-state index in [0.29, 0.717) is 5.92 Å². The Balaban J connectivity index is 0.000000273. The lowest BCUT2D eigenvalue weighted by atomic mass is 9.86. The third-order valence-corrected chi connectivity index (χ3v) is 9.84. The summed E-state index contributed by atoms with van der Waals surface area (Å²) >= 11 is 0. The van der Waals surface area contributed by atoms with Gasteiger partial charge in [-0.1, -0.05) is 174 Å². The first-order valence-electron chi connectivity index (χ1n) is 20.3. The molecule has 1 unspecified atom stereocenters. The van der Waals surface area contributed by atoms with E-state index in [0.717, 1.165) is 35.2 Å². The van der Waals surface area contributed by atoms with Gasteiger partial charge in [0.1, 0.15) is 11.0 Å². The lowest BCUT2D eigenvalue weighted by Gasteiger charge is -2.16. The van der Waals surface area contributed by atoms with Crippen molar-refractivity contribution in [1.82, 2.24) is 0 Å². The normalized spacial score (nSPS) is 13.7. The SMILES string of the molecule is C=C/C=C\C=C(/C)N.CC.CC.CC1C=c2c(oc3cc(-c4c5c(c(-c6ccc(N)cc6)c6ccccc46)=CCC=5)c4ccccc4c23)=CC1.Cc1ccccc1. The number of hydrogen-bond donors (Lipinski definition) is 2. The molecule has 9 rings (SSSR count). The second-order valence-corrected chi connectivity index (χ2v) is 13.9. The first kappa shape index (κ1) is 41.8. The maximum absolute atomic E-state index is 6.53. The van der Waals surface area contributed by atoms with Crippen LogP contribution in [0, 0.1) is 12.8 Å². The van der Waals surface area contributed by atoms with Crippen molar-refractivity contribution in [2.75, 3.05) is 5.73 Å². The molecule has 4 N–H and O–H groups in total. The molecule has 0 saturated carbocycles. The fourth-order valence-electron chi connectivity index (χ4n) is 7.44. The van der Waals surface area contributed by atoms with Crippen LogP contribution in [0.5, 0.6) is 0 Å². The summed E-state index contributed by atoms with van der Waals surface area (Å²) in [4.78, 5) is 0. The standard InChI is InChI=1S/C36H27NO.C7H11N.C7H8.2C2H6/c1-21-13-18-32-31(19-21)36-25-8-3-2-7-24(25)30(20-33(36)38-32)35-28-10-5-4-9-26(28)34(27-11-6-12-29(27)35)22-14-16-23(37)17-15-22;1-3-4-5-6-7(2)8;1-7-5-3-2-4-6-7;2*1-2/h2-5,7-12,14-21H,6,13,37H2,1H3;3-6H,1,8H2,2H3;2-6H,1H3;2*1-2H3/b;5-4-,7-6+;;;. The second-order valence-electron chi connectivity index (χ2n) is 13.9. The molecule has 3 nitrogen and oxygen atoms in total. The third kappa shape index (κ3) is 9.39. The Bertz CT molecular complexity index is 2780. The Hall–Kier alpha value is -6.32. The van der Waals surface area contributed by atoms with Gasteiger partial charge in [0, 0.05) is 22.0 Å². The zero-order valence-corrected chi connectivity index (χ0v) is 34.8. The molecule has 2 aliphatic carbocycles. The molecule has 0 spiro atoms. The minimum Gasteiger partial charge on any atom is -0.456 e. The summed E-state index contributed by atoms with van der Waals surface area (Å²) in [5.74, 6) is 0.514. The van der Waals surface area contributed by atoms with Gasteiger partial charge in [-0.05, 0) is 117 Å². The van der Waals surface area contributed by atoms with Gasteiger partial charge in [-0.3, -0.25) is 0 Å². The van der Waals surface area contributed by atoms with Crippen molar-refractivity contribution >= 4 is 62.5 Å². The van der Waals surface area contributed by atoms with Crippen molar-refractivity contribution in [2.24, 2.45) is 11.7 Å².